The summed E-state index contributed by atoms with van der Waals surface area (Å²) in [5.74, 6) is -0.257. The first-order valence-electron chi connectivity index (χ1n) is 8.18. The number of hydrogen-bond acceptors (Lipinski definition) is 4. The van der Waals surface area contributed by atoms with Gasteiger partial charge in [-0.2, -0.15) is 0 Å². The summed E-state index contributed by atoms with van der Waals surface area (Å²) in [6.45, 7) is 0.925. The number of carbonyl (C=O) groups excluding carboxylic acids is 2. The molecule has 1 fully saturated rings. The molecular formula is C19H20N2O4. The van der Waals surface area contributed by atoms with Gasteiger partial charge in [-0.3, -0.25) is 9.63 Å². The lowest BCUT2D eigenvalue weighted by molar-refractivity contribution is -0.183. The van der Waals surface area contributed by atoms with E-state index in [4.69, 9.17) is 9.57 Å². The van der Waals surface area contributed by atoms with Crippen molar-refractivity contribution < 1.29 is 19.2 Å². The molecule has 0 aromatic heterocycles. The van der Waals surface area contributed by atoms with Crippen LogP contribution in [0.2, 0.25) is 0 Å². The molecule has 0 radical (unpaired) electrons. The summed E-state index contributed by atoms with van der Waals surface area (Å²) in [7, 11) is 0. The number of rotatable bonds is 6. The summed E-state index contributed by atoms with van der Waals surface area (Å²) in [6, 6.07) is 18.4. The van der Waals surface area contributed by atoms with E-state index in [1.54, 1.807) is 0 Å². The smallest absolute Gasteiger partial charge is 0.408 e. The van der Waals surface area contributed by atoms with Crippen molar-refractivity contribution in [3.63, 3.8) is 0 Å². The molecule has 3 rings (SSSR count). The summed E-state index contributed by atoms with van der Waals surface area (Å²) < 4.78 is 5.14. The van der Waals surface area contributed by atoms with Crippen molar-refractivity contribution in [2.45, 2.75) is 25.7 Å². The predicted molar refractivity (Wildman–Crippen MR) is 91.1 cm³/mol. The third kappa shape index (κ3) is 4.81. The fourth-order valence-corrected chi connectivity index (χ4v) is 2.55. The second-order valence-corrected chi connectivity index (χ2v) is 5.75. The maximum atomic E-state index is 12.3. The first kappa shape index (κ1) is 17.0. The summed E-state index contributed by atoms with van der Waals surface area (Å²) in [5, 5.41) is 3.90. The lowest BCUT2D eigenvalue weighted by Crippen LogP contribution is -2.41. The molecule has 2 aromatic rings. The van der Waals surface area contributed by atoms with E-state index >= 15 is 0 Å². The van der Waals surface area contributed by atoms with Gasteiger partial charge in [0, 0.05) is 0 Å². The molecule has 0 aliphatic carbocycles. The molecular weight excluding hydrogens is 320 g/mol. The minimum absolute atomic E-state index is 0.168. The van der Waals surface area contributed by atoms with Gasteiger partial charge in [0.15, 0.2) is 0 Å². The molecule has 1 aliphatic heterocycles. The Balaban J connectivity index is 1.43. The molecule has 0 bridgehead atoms. The molecule has 2 aromatic carbocycles. The van der Waals surface area contributed by atoms with E-state index in [0.29, 0.717) is 19.6 Å². The van der Waals surface area contributed by atoms with Crippen LogP contribution in [0.1, 0.15) is 17.5 Å². The molecule has 6 nitrogen and oxygen atoms in total. The van der Waals surface area contributed by atoms with Crippen molar-refractivity contribution in [3.8, 4) is 0 Å². The van der Waals surface area contributed by atoms with Crippen LogP contribution in [0.5, 0.6) is 0 Å². The lowest BCUT2D eigenvalue weighted by Gasteiger charge is -2.16. The first-order valence-corrected chi connectivity index (χ1v) is 8.18. The highest BCUT2D eigenvalue weighted by Crippen LogP contribution is 2.14. The minimum atomic E-state index is -0.612. The fraction of sp³-hybridized carbons (Fsp3) is 0.263. The van der Waals surface area contributed by atoms with Gasteiger partial charge in [0.2, 0.25) is 0 Å². The number of ether oxygens (including phenoxy) is 1. The van der Waals surface area contributed by atoms with Gasteiger partial charge in [0.1, 0.15) is 19.3 Å². The summed E-state index contributed by atoms with van der Waals surface area (Å²) in [4.78, 5) is 29.7. The Hall–Kier alpha value is -2.86. The van der Waals surface area contributed by atoms with Crippen LogP contribution in [-0.2, 0) is 27.6 Å². The van der Waals surface area contributed by atoms with Gasteiger partial charge >= 0.3 is 6.09 Å². The highest BCUT2D eigenvalue weighted by atomic mass is 16.7. The Morgan fingerprint density at radius 1 is 1.00 bits per heavy atom. The highest BCUT2D eigenvalue weighted by Gasteiger charge is 2.34. The number of hydrogen-bond donors (Lipinski definition) is 1. The zero-order valence-corrected chi connectivity index (χ0v) is 13.8. The highest BCUT2D eigenvalue weighted by molar-refractivity contribution is 5.86. The quantitative estimate of drug-likeness (QED) is 0.878. The molecule has 1 heterocycles. The Morgan fingerprint density at radius 3 is 2.24 bits per heavy atom. The normalized spacial score (nSPS) is 16.7. The van der Waals surface area contributed by atoms with E-state index in [1.165, 1.54) is 5.06 Å². The third-order valence-corrected chi connectivity index (χ3v) is 3.90. The van der Waals surface area contributed by atoms with Gasteiger partial charge in [-0.25, -0.2) is 9.86 Å². The number of amides is 2. The topological polar surface area (TPSA) is 67.9 Å². The zero-order valence-electron chi connectivity index (χ0n) is 13.8. The standard InChI is InChI=1S/C19H20N2O4/c22-18-17(20-19(23)24-13-15-7-3-1-4-8-15)11-12-21(18)25-14-16-9-5-2-6-10-16/h1-10,17H,11-14H2,(H,20,23)/t17-/m0/s1. The Kier molecular flexibility index (Phi) is 5.64. The molecule has 2 amide bonds. The van der Waals surface area contributed by atoms with E-state index < -0.39 is 12.1 Å². The van der Waals surface area contributed by atoms with Crippen molar-refractivity contribution in [2.24, 2.45) is 0 Å². The molecule has 0 saturated carbocycles. The Morgan fingerprint density at radius 2 is 1.60 bits per heavy atom. The molecule has 0 spiro atoms. The van der Waals surface area contributed by atoms with E-state index in [-0.39, 0.29) is 12.5 Å². The molecule has 1 atom stereocenters. The van der Waals surface area contributed by atoms with Crippen molar-refractivity contribution in [2.75, 3.05) is 6.54 Å². The molecule has 1 N–H and O–H groups in total. The summed E-state index contributed by atoms with van der Waals surface area (Å²) >= 11 is 0. The number of carbonyl (C=O) groups is 2. The average Bonchev–Trinajstić information content (AvgIpc) is 3.00. The molecule has 1 aliphatic rings. The SMILES string of the molecule is O=C(N[C@H]1CCN(OCc2ccccc2)C1=O)OCc1ccccc1. The van der Waals surface area contributed by atoms with E-state index in [9.17, 15) is 9.59 Å². The van der Waals surface area contributed by atoms with Crippen LogP contribution in [-0.4, -0.2) is 29.7 Å². The van der Waals surface area contributed by atoms with Crippen molar-refractivity contribution in [1.29, 1.82) is 0 Å². The number of alkyl carbamates (subject to hydrolysis) is 1. The maximum absolute atomic E-state index is 12.3. The number of nitrogens with zero attached hydrogens (tertiary/aromatic N) is 1. The van der Waals surface area contributed by atoms with Gasteiger partial charge in [0.25, 0.3) is 5.91 Å². The molecule has 6 heteroatoms. The second kappa shape index (κ2) is 8.30. The fourth-order valence-electron chi connectivity index (χ4n) is 2.55. The van der Waals surface area contributed by atoms with Crippen molar-refractivity contribution in [3.05, 3.63) is 71.8 Å². The third-order valence-electron chi connectivity index (χ3n) is 3.90. The second-order valence-electron chi connectivity index (χ2n) is 5.75. The minimum Gasteiger partial charge on any atom is -0.445 e. The first-order chi connectivity index (χ1) is 12.2. The van der Waals surface area contributed by atoms with Crippen LogP contribution < -0.4 is 5.32 Å². The van der Waals surface area contributed by atoms with Crippen LogP contribution >= 0.6 is 0 Å². The van der Waals surface area contributed by atoms with Crippen LogP contribution in [0.15, 0.2) is 60.7 Å². The zero-order chi connectivity index (χ0) is 17.5. The molecule has 25 heavy (non-hydrogen) atoms. The van der Waals surface area contributed by atoms with Crippen molar-refractivity contribution in [1.82, 2.24) is 10.4 Å². The summed E-state index contributed by atoms with van der Waals surface area (Å²) in [5.41, 5.74) is 1.87. The monoisotopic (exact) mass is 340 g/mol. The number of hydroxylamine groups is 2. The predicted octanol–water partition coefficient (Wildman–Crippen LogP) is 2.65. The largest absolute Gasteiger partial charge is 0.445 e. The number of benzene rings is 2. The van der Waals surface area contributed by atoms with E-state index in [1.807, 2.05) is 60.7 Å². The van der Waals surface area contributed by atoms with Gasteiger partial charge in [-0.05, 0) is 17.5 Å². The van der Waals surface area contributed by atoms with Gasteiger partial charge in [-0.15, -0.1) is 0 Å². The molecule has 0 unspecified atom stereocenters. The Labute approximate surface area is 146 Å². The molecule has 130 valence electrons. The van der Waals surface area contributed by atoms with Gasteiger partial charge in [0.05, 0.1) is 6.54 Å². The van der Waals surface area contributed by atoms with E-state index in [2.05, 4.69) is 5.32 Å². The maximum Gasteiger partial charge on any atom is 0.408 e. The summed E-state index contributed by atoms with van der Waals surface area (Å²) in [6.07, 6.45) is -0.110. The van der Waals surface area contributed by atoms with Crippen LogP contribution in [0, 0.1) is 0 Å². The van der Waals surface area contributed by atoms with Crippen LogP contribution in [0.3, 0.4) is 0 Å². The van der Waals surface area contributed by atoms with E-state index in [0.717, 1.165) is 11.1 Å². The average molecular weight is 340 g/mol. The molecule has 1 saturated heterocycles. The van der Waals surface area contributed by atoms with Gasteiger partial charge in [-0.1, -0.05) is 60.7 Å². The van der Waals surface area contributed by atoms with Crippen LogP contribution in [0.4, 0.5) is 4.79 Å². The number of nitrogens with one attached hydrogen (secondary N) is 1. The van der Waals surface area contributed by atoms with Crippen LogP contribution in [0.25, 0.3) is 0 Å². The van der Waals surface area contributed by atoms with Gasteiger partial charge < -0.3 is 10.1 Å². The van der Waals surface area contributed by atoms with Crippen molar-refractivity contribution >= 4 is 12.0 Å². The lowest BCUT2D eigenvalue weighted by atomic mass is 10.2. The Bertz CT molecular complexity index is 706.